The van der Waals surface area contributed by atoms with Gasteiger partial charge in [-0.05, 0) is 23.8 Å². The van der Waals surface area contributed by atoms with E-state index in [2.05, 4.69) is 5.32 Å². The van der Waals surface area contributed by atoms with Gasteiger partial charge in [-0.15, -0.1) is 0 Å². The minimum atomic E-state index is -0.531. The van der Waals surface area contributed by atoms with E-state index in [4.69, 9.17) is 5.11 Å². The maximum Gasteiger partial charge on any atom is 0.270 e. The molecule has 0 spiro atoms. The van der Waals surface area contributed by atoms with Crippen molar-refractivity contribution >= 4 is 5.69 Å². The summed E-state index contributed by atoms with van der Waals surface area (Å²) >= 11 is 0. The van der Waals surface area contributed by atoms with E-state index in [9.17, 15) is 19.6 Å². The highest BCUT2D eigenvalue weighted by Crippen LogP contribution is 2.22. The summed E-state index contributed by atoms with van der Waals surface area (Å²) in [7, 11) is 0. The molecule has 2 aromatic rings. The molecule has 0 heterocycles. The molecule has 0 fully saturated rings. The Kier molecular flexibility index (Phi) is 5.03. The van der Waals surface area contributed by atoms with Crippen molar-refractivity contribution in [3.8, 4) is 5.75 Å². The Hall–Kier alpha value is -2.51. The summed E-state index contributed by atoms with van der Waals surface area (Å²) in [6, 6.07) is 8.19. The van der Waals surface area contributed by atoms with E-state index >= 15 is 0 Å². The van der Waals surface area contributed by atoms with Crippen molar-refractivity contribution in [1.82, 2.24) is 5.32 Å². The van der Waals surface area contributed by atoms with Crippen LogP contribution in [0.5, 0.6) is 5.75 Å². The maximum absolute atomic E-state index is 13.3. The number of rotatable bonds is 6. The van der Waals surface area contributed by atoms with Gasteiger partial charge < -0.3 is 15.5 Å². The van der Waals surface area contributed by atoms with Crippen LogP contribution in [0, 0.1) is 15.9 Å². The van der Waals surface area contributed by atoms with Crippen LogP contribution in [0.3, 0.4) is 0 Å². The van der Waals surface area contributed by atoms with E-state index in [0.717, 1.165) is 5.56 Å². The number of nitro groups is 1. The van der Waals surface area contributed by atoms with Gasteiger partial charge >= 0.3 is 0 Å². The second-order valence-corrected chi connectivity index (χ2v) is 4.76. The molecule has 22 heavy (non-hydrogen) atoms. The monoisotopic (exact) mass is 306 g/mol. The van der Waals surface area contributed by atoms with Crippen LogP contribution in [0.25, 0.3) is 0 Å². The van der Waals surface area contributed by atoms with Gasteiger partial charge in [-0.1, -0.05) is 6.07 Å². The topological polar surface area (TPSA) is 95.6 Å². The van der Waals surface area contributed by atoms with Gasteiger partial charge in [0.1, 0.15) is 11.6 Å². The first-order valence-corrected chi connectivity index (χ1v) is 6.56. The van der Waals surface area contributed by atoms with E-state index < -0.39 is 10.7 Å². The Labute approximate surface area is 126 Å². The Bertz CT molecular complexity index is 691. The molecular weight excluding hydrogens is 291 g/mol. The van der Waals surface area contributed by atoms with Crippen LogP contribution < -0.4 is 5.32 Å². The smallest absolute Gasteiger partial charge is 0.270 e. The molecule has 0 amide bonds. The number of aromatic hydroxyl groups is 1. The Morgan fingerprint density at radius 3 is 2.59 bits per heavy atom. The van der Waals surface area contributed by atoms with Crippen molar-refractivity contribution in [2.24, 2.45) is 0 Å². The third kappa shape index (κ3) is 3.78. The molecule has 2 aromatic carbocycles. The number of aliphatic hydroxyl groups excluding tert-OH is 1. The Balaban J connectivity index is 2.02. The van der Waals surface area contributed by atoms with Gasteiger partial charge in [-0.2, -0.15) is 0 Å². The molecule has 0 aromatic heterocycles. The fourth-order valence-electron chi connectivity index (χ4n) is 2.03. The highest BCUT2D eigenvalue weighted by atomic mass is 19.1. The number of hydrogen-bond acceptors (Lipinski definition) is 5. The highest BCUT2D eigenvalue weighted by molar-refractivity contribution is 5.42. The standard InChI is InChI=1S/C15H15FN2O4/c16-14-3-1-10(5-12(14)9-19)7-17-8-11-6-13(18(21)22)2-4-15(11)20/h1-6,17,19-20H,7-9H2. The van der Waals surface area contributed by atoms with E-state index in [1.807, 2.05) is 0 Å². The molecule has 3 N–H and O–H groups in total. The summed E-state index contributed by atoms with van der Waals surface area (Å²) in [5.74, 6) is -0.504. The number of phenolic OH excluding ortho intramolecular Hbond substituents is 1. The zero-order valence-electron chi connectivity index (χ0n) is 11.6. The first-order valence-electron chi connectivity index (χ1n) is 6.56. The first kappa shape index (κ1) is 15.9. The first-order chi connectivity index (χ1) is 10.5. The van der Waals surface area contributed by atoms with Crippen LogP contribution in [0.2, 0.25) is 0 Å². The van der Waals surface area contributed by atoms with Crippen LogP contribution in [0.4, 0.5) is 10.1 Å². The number of nitro benzene ring substituents is 1. The van der Waals surface area contributed by atoms with Crippen LogP contribution in [0.1, 0.15) is 16.7 Å². The number of benzene rings is 2. The normalized spacial score (nSPS) is 10.6. The van der Waals surface area contributed by atoms with Gasteiger partial charge in [0.25, 0.3) is 5.69 Å². The molecular formula is C15H15FN2O4. The van der Waals surface area contributed by atoms with Crippen LogP contribution in [-0.4, -0.2) is 15.1 Å². The molecule has 0 aliphatic heterocycles. The molecule has 0 aliphatic carbocycles. The predicted octanol–water partition coefficient (Wildman–Crippen LogP) is 2.22. The molecule has 6 nitrogen and oxygen atoms in total. The zero-order valence-corrected chi connectivity index (χ0v) is 11.6. The fourth-order valence-corrected chi connectivity index (χ4v) is 2.03. The minimum absolute atomic E-state index is 0.0340. The average molecular weight is 306 g/mol. The molecule has 0 unspecified atom stereocenters. The number of halogens is 1. The summed E-state index contributed by atoms with van der Waals surface area (Å²) in [5, 5.41) is 32.4. The third-order valence-corrected chi connectivity index (χ3v) is 3.20. The molecule has 116 valence electrons. The van der Waals surface area contributed by atoms with Crippen LogP contribution in [-0.2, 0) is 19.7 Å². The molecule has 0 aliphatic rings. The van der Waals surface area contributed by atoms with Crippen LogP contribution in [0.15, 0.2) is 36.4 Å². The lowest BCUT2D eigenvalue weighted by atomic mass is 10.1. The average Bonchev–Trinajstić information content (AvgIpc) is 2.50. The number of phenols is 1. The van der Waals surface area contributed by atoms with Crippen LogP contribution >= 0.6 is 0 Å². The van der Waals surface area contributed by atoms with Gasteiger partial charge in [-0.3, -0.25) is 10.1 Å². The lowest BCUT2D eigenvalue weighted by Gasteiger charge is -2.08. The second-order valence-electron chi connectivity index (χ2n) is 4.76. The van der Waals surface area contributed by atoms with E-state index in [1.165, 1.54) is 30.3 Å². The Morgan fingerprint density at radius 1 is 1.14 bits per heavy atom. The van der Waals surface area contributed by atoms with Gasteiger partial charge in [0.05, 0.1) is 11.5 Å². The van der Waals surface area contributed by atoms with Crippen molar-refractivity contribution in [2.75, 3.05) is 0 Å². The number of aliphatic hydroxyl groups is 1. The van der Waals surface area contributed by atoms with Crippen molar-refractivity contribution in [3.63, 3.8) is 0 Å². The number of non-ortho nitro benzene ring substituents is 1. The summed E-state index contributed by atoms with van der Waals surface area (Å²) in [6.45, 7) is 0.208. The lowest BCUT2D eigenvalue weighted by molar-refractivity contribution is -0.384. The highest BCUT2D eigenvalue weighted by Gasteiger charge is 2.10. The fraction of sp³-hybridized carbons (Fsp3) is 0.200. The largest absolute Gasteiger partial charge is 0.508 e. The number of nitrogens with zero attached hydrogens (tertiary/aromatic N) is 1. The summed E-state index contributed by atoms with van der Waals surface area (Å²) in [4.78, 5) is 10.2. The molecule has 0 atom stereocenters. The second kappa shape index (κ2) is 6.97. The molecule has 0 saturated carbocycles. The molecule has 0 radical (unpaired) electrons. The summed E-state index contributed by atoms with van der Waals surface area (Å²) in [6.07, 6.45) is 0. The van der Waals surface area contributed by atoms with Crippen molar-refractivity contribution in [1.29, 1.82) is 0 Å². The Morgan fingerprint density at radius 2 is 1.91 bits per heavy atom. The van der Waals surface area contributed by atoms with Gasteiger partial charge in [0.15, 0.2) is 0 Å². The van der Waals surface area contributed by atoms with Crippen molar-refractivity contribution in [3.05, 3.63) is 69.0 Å². The number of nitrogens with one attached hydrogen (secondary N) is 1. The molecule has 2 rings (SSSR count). The van der Waals surface area contributed by atoms with E-state index in [0.29, 0.717) is 12.1 Å². The minimum Gasteiger partial charge on any atom is -0.508 e. The zero-order chi connectivity index (χ0) is 16.1. The van der Waals surface area contributed by atoms with E-state index in [-0.39, 0.29) is 30.2 Å². The van der Waals surface area contributed by atoms with Gasteiger partial charge in [-0.25, -0.2) is 4.39 Å². The predicted molar refractivity (Wildman–Crippen MR) is 77.6 cm³/mol. The summed E-state index contributed by atoms with van der Waals surface area (Å²) in [5.41, 5.74) is 1.27. The molecule has 0 bridgehead atoms. The van der Waals surface area contributed by atoms with Crippen molar-refractivity contribution < 1.29 is 19.5 Å². The number of hydrogen-bond donors (Lipinski definition) is 3. The van der Waals surface area contributed by atoms with Gasteiger partial charge in [0, 0.05) is 36.3 Å². The summed E-state index contributed by atoms with van der Waals surface area (Å²) < 4.78 is 13.3. The van der Waals surface area contributed by atoms with Crippen molar-refractivity contribution in [2.45, 2.75) is 19.7 Å². The molecule has 7 heteroatoms. The SMILES string of the molecule is O=[N+]([O-])c1ccc(O)c(CNCc2ccc(F)c(CO)c2)c1. The maximum atomic E-state index is 13.3. The third-order valence-electron chi connectivity index (χ3n) is 3.20. The quantitative estimate of drug-likeness (QED) is 0.562. The lowest BCUT2D eigenvalue weighted by Crippen LogP contribution is -2.13. The van der Waals surface area contributed by atoms with E-state index in [1.54, 1.807) is 6.07 Å². The van der Waals surface area contributed by atoms with Gasteiger partial charge in [0.2, 0.25) is 0 Å². The molecule has 0 saturated heterocycles.